The van der Waals surface area contributed by atoms with Crippen molar-refractivity contribution in [1.29, 1.82) is 0 Å². The number of aliphatic carboxylic acids is 1. The molecule has 2 N–H and O–H groups in total. The van der Waals surface area contributed by atoms with Gasteiger partial charge in [0, 0.05) is 18.7 Å². The number of ether oxygens (including phenoxy) is 2. The second kappa shape index (κ2) is 8.66. The molecule has 1 rings (SSSR count). The lowest BCUT2D eigenvalue weighted by atomic mass is 10.3. The summed E-state index contributed by atoms with van der Waals surface area (Å²) in [4.78, 5) is 32.7. The molecule has 1 atom stereocenters. The third-order valence-electron chi connectivity index (χ3n) is 2.51. The van der Waals surface area contributed by atoms with Gasteiger partial charge >= 0.3 is 11.9 Å². The smallest absolute Gasteiger partial charge is 0.306 e. The van der Waals surface area contributed by atoms with Crippen molar-refractivity contribution in [2.75, 3.05) is 11.9 Å². The van der Waals surface area contributed by atoms with Gasteiger partial charge in [-0.05, 0) is 19.1 Å². The van der Waals surface area contributed by atoms with Gasteiger partial charge in [0.25, 0.3) is 0 Å². The van der Waals surface area contributed by atoms with Crippen LogP contribution in [0.25, 0.3) is 0 Å². The Kier molecular flexibility index (Phi) is 6.88. The molecule has 0 aliphatic carbocycles. The molecule has 0 radical (unpaired) electrons. The van der Waals surface area contributed by atoms with E-state index in [1.165, 1.54) is 6.92 Å². The van der Waals surface area contributed by atoms with E-state index in [2.05, 4.69) is 5.32 Å². The van der Waals surface area contributed by atoms with E-state index < -0.39 is 18.0 Å². The van der Waals surface area contributed by atoms with Crippen molar-refractivity contribution in [2.24, 2.45) is 0 Å². The minimum absolute atomic E-state index is 0.127. The maximum Gasteiger partial charge on any atom is 0.306 e. The number of carbonyl (C=O) groups is 3. The minimum Gasteiger partial charge on any atom is -0.490 e. The average molecular weight is 309 g/mol. The number of carboxylic acid groups (broad SMARTS) is 1. The quantitative estimate of drug-likeness (QED) is 0.710. The summed E-state index contributed by atoms with van der Waals surface area (Å²) < 4.78 is 10.5. The summed E-state index contributed by atoms with van der Waals surface area (Å²) in [6.45, 7) is 3.19. The molecule has 0 aliphatic rings. The summed E-state index contributed by atoms with van der Waals surface area (Å²) in [5.41, 5.74) is 0.608. The Labute approximate surface area is 128 Å². The number of carboxylic acids is 1. The second-order valence-corrected chi connectivity index (χ2v) is 4.71. The summed E-state index contributed by atoms with van der Waals surface area (Å²) in [6, 6.07) is 6.82. The highest BCUT2D eigenvalue weighted by atomic mass is 16.6. The van der Waals surface area contributed by atoms with Crippen LogP contribution in [0.3, 0.4) is 0 Å². The number of esters is 1. The molecule has 0 aliphatic heterocycles. The molecule has 0 saturated heterocycles. The van der Waals surface area contributed by atoms with E-state index in [1.807, 2.05) is 0 Å². The van der Waals surface area contributed by atoms with Gasteiger partial charge in [-0.3, -0.25) is 14.4 Å². The van der Waals surface area contributed by atoms with Crippen LogP contribution in [0, 0.1) is 0 Å². The maximum atomic E-state index is 11.4. The third-order valence-corrected chi connectivity index (χ3v) is 2.51. The summed E-state index contributed by atoms with van der Waals surface area (Å²) in [6.07, 6.45) is -0.936. The third kappa shape index (κ3) is 7.28. The molecular weight excluding hydrogens is 290 g/mol. The van der Waals surface area contributed by atoms with Crippen LogP contribution in [0.1, 0.15) is 26.7 Å². The van der Waals surface area contributed by atoms with Crippen molar-refractivity contribution < 1.29 is 29.0 Å². The van der Waals surface area contributed by atoms with Crippen molar-refractivity contribution in [3.05, 3.63) is 24.3 Å². The van der Waals surface area contributed by atoms with E-state index in [0.717, 1.165) is 0 Å². The van der Waals surface area contributed by atoms with Crippen LogP contribution in [0.15, 0.2) is 24.3 Å². The molecule has 1 unspecified atom stereocenters. The van der Waals surface area contributed by atoms with E-state index in [0.29, 0.717) is 11.4 Å². The molecule has 1 aromatic rings. The van der Waals surface area contributed by atoms with E-state index in [-0.39, 0.29) is 25.4 Å². The van der Waals surface area contributed by atoms with E-state index in [4.69, 9.17) is 14.6 Å². The number of rotatable bonds is 8. The molecule has 22 heavy (non-hydrogen) atoms. The number of carbonyl (C=O) groups excluding carboxylic acids is 2. The first-order chi connectivity index (χ1) is 10.4. The van der Waals surface area contributed by atoms with Crippen molar-refractivity contribution in [3.8, 4) is 5.75 Å². The molecule has 0 saturated carbocycles. The Hall–Kier alpha value is -2.57. The van der Waals surface area contributed by atoms with Crippen molar-refractivity contribution in [3.63, 3.8) is 0 Å². The monoisotopic (exact) mass is 309 g/mol. The van der Waals surface area contributed by atoms with Gasteiger partial charge in [0.2, 0.25) is 5.91 Å². The molecule has 7 nitrogen and oxygen atoms in total. The number of hydrogen-bond acceptors (Lipinski definition) is 5. The highest BCUT2D eigenvalue weighted by Crippen LogP contribution is 2.17. The summed E-state index contributed by atoms with van der Waals surface area (Å²) >= 11 is 0. The zero-order chi connectivity index (χ0) is 16.5. The molecule has 0 bridgehead atoms. The zero-order valence-electron chi connectivity index (χ0n) is 12.5. The van der Waals surface area contributed by atoms with Crippen LogP contribution in [0.2, 0.25) is 0 Å². The van der Waals surface area contributed by atoms with Crippen molar-refractivity contribution >= 4 is 23.5 Å². The molecular formula is C15H19NO6. The molecule has 0 heterocycles. The van der Waals surface area contributed by atoms with Crippen LogP contribution in [0.5, 0.6) is 5.75 Å². The standard InChI is InChI=1S/C15H19NO6/c1-10(22-15(20)7-6-14(18)19)9-21-13-5-3-4-12(8-13)16-11(2)17/h3-5,8,10H,6-7,9H2,1-2H3,(H,16,17)(H,18,19). The summed E-state index contributed by atoms with van der Waals surface area (Å²) in [5.74, 6) is -1.28. The van der Waals surface area contributed by atoms with Gasteiger partial charge in [0.1, 0.15) is 18.5 Å². The summed E-state index contributed by atoms with van der Waals surface area (Å²) in [7, 11) is 0. The zero-order valence-corrected chi connectivity index (χ0v) is 12.5. The number of amides is 1. The molecule has 1 amide bonds. The fraction of sp³-hybridized carbons (Fsp3) is 0.400. The predicted octanol–water partition coefficient (Wildman–Crippen LogP) is 1.82. The number of anilines is 1. The van der Waals surface area contributed by atoms with E-state index >= 15 is 0 Å². The fourth-order valence-corrected chi connectivity index (χ4v) is 1.61. The first-order valence-electron chi connectivity index (χ1n) is 6.78. The minimum atomic E-state index is -1.05. The van der Waals surface area contributed by atoms with E-state index in [9.17, 15) is 14.4 Å². The second-order valence-electron chi connectivity index (χ2n) is 4.71. The number of benzene rings is 1. The van der Waals surface area contributed by atoms with Gasteiger partial charge in [0.05, 0.1) is 12.8 Å². The van der Waals surface area contributed by atoms with Gasteiger partial charge in [-0.25, -0.2) is 0 Å². The lowest BCUT2D eigenvalue weighted by Crippen LogP contribution is -2.22. The Morgan fingerprint density at radius 3 is 2.64 bits per heavy atom. The molecule has 0 spiro atoms. The fourth-order valence-electron chi connectivity index (χ4n) is 1.61. The number of nitrogens with one attached hydrogen (secondary N) is 1. The first kappa shape index (κ1) is 17.5. The Morgan fingerprint density at radius 2 is 2.00 bits per heavy atom. The molecule has 0 aromatic heterocycles. The highest BCUT2D eigenvalue weighted by Gasteiger charge is 2.12. The maximum absolute atomic E-state index is 11.4. The van der Waals surface area contributed by atoms with Crippen molar-refractivity contribution in [2.45, 2.75) is 32.8 Å². The first-order valence-corrected chi connectivity index (χ1v) is 6.78. The van der Waals surface area contributed by atoms with Crippen LogP contribution in [-0.4, -0.2) is 35.7 Å². The lowest BCUT2D eigenvalue weighted by molar-refractivity contribution is -0.152. The van der Waals surface area contributed by atoms with Gasteiger partial charge in [0.15, 0.2) is 0 Å². The van der Waals surface area contributed by atoms with Gasteiger partial charge in [-0.15, -0.1) is 0 Å². The predicted molar refractivity (Wildman–Crippen MR) is 78.7 cm³/mol. The SMILES string of the molecule is CC(=O)Nc1cccc(OCC(C)OC(=O)CCC(=O)O)c1. The molecule has 1 aromatic carbocycles. The van der Waals surface area contributed by atoms with Crippen LogP contribution in [0.4, 0.5) is 5.69 Å². The van der Waals surface area contributed by atoms with Crippen LogP contribution in [-0.2, 0) is 19.1 Å². The van der Waals surface area contributed by atoms with Gasteiger partial charge in [-0.2, -0.15) is 0 Å². The Morgan fingerprint density at radius 1 is 1.27 bits per heavy atom. The van der Waals surface area contributed by atoms with Crippen molar-refractivity contribution in [1.82, 2.24) is 0 Å². The Balaban J connectivity index is 2.40. The van der Waals surface area contributed by atoms with Gasteiger partial charge < -0.3 is 19.9 Å². The number of hydrogen-bond donors (Lipinski definition) is 2. The van der Waals surface area contributed by atoms with Gasteiger partial charge in [-0.1, -0.05) is 6.07 Å². The highest BCUT2D eigenvalue weighted by molar-refractivity contribution is 5.88. The molecule has 7 heteroatoms. The Bertz CT molecular complexity index is 543. The average Bonchev–Trinajstić information content (AvgIpc) is 2.42. The van der Waals surface area contributed by atoms with E-state index in [1.54, 1.807) is 31.2 Å². The molecule has 120 valence electrons. The molecule has 0 fully saturated rings. The van der Waals surface area contributed by atoms with Crippen LogP contribution < -0.4 is 10.1 Å². The topological polar surface area (TPSA) is 102 Å². The largest absolute Gasteiger partial charge is 0.490 e. The normalized spacial score (nSPS) is 11.4. The lowest BCUT2D eigenvalue weighted by Gasteiger charge is -2.14. The van der Waals surface area contributed by atoms with Crippen LogP contribution >= 0.6 is 0 Å². The summed E-state index contributed by atoms with van der Waals surface area (Å²) in [5, 5.41) is 11.1.